The molecule has 2 N–H and O–H groups in total. The van der Waals surface area contributed by atoms with E-state index in [9.17, 15) is 4.79 Å². The average molecular weight is 388 g/mol. The van der Waals surface area contributed by atoms with Crippen LogP contribution in [0.2, 0.25) is 0 Å². The van der Waals surface area contributed by atoms with Crippen LogP contribution in [-0.4, -0.2) is 34.6 Å². The van der Waals surface area contributed by atoms with Gasteiger partial charge in [-0.25, -0.2) is 5.43 Å². The molecule has 1 aromatic heterocycles. The molecule has 1 fully saturated rings. The van der Waals surface area contributed by atoms with Crippen molar-refractivity contribution in [1.82, 2.24) is 20.9 Å². The lowest BCUT2D eigenvalue weighted by molar-refractivity contribution is -0.134. The fourth-order valence-electron chi connectivity index (χ4n) is 4.17. The average Bonchev–Trinajstić information content (AvgIpc) is 3.40. The Hall–Kier alpha value is -2.96. The van der Waals surface area contributed by atoms with Crippen LogP contribution in [0.4, 0.5) is 0 Å². The highest BCUT2D eigenvalue weighted by atomic mass is 16.5. The summed E-state index contributed by atoms with van der Waals surface area (Å²) in [4.78, 5) is 14.8. The first-order chi connectivity index (χ1) is 14.2. The Morgan fingerprint density at radius 2 is 1.76 bits per heavy atom. The molecule has 29 heavy (non-hydrogen) atoms. The molecule has 0 spiro atoms. The standard InChI is InChI=1S/C23H24N4O2/c1-15-13-20(25-24-15)23(28)27-12-11-21-19(14-27)22(26-29-21)18-9-7-17(8-10-18)16-5-3-2-4-6-16/h2-10,15,20,24-25H,11-14H2,1H3. The van der Waals surface area contributed by atoms with Crippen molar-refractivity contribution in [3.8, 4) is 22.4 Å². The molecule has 1 amide bonds. The van der Waals surface area contributed by atoms with Crippen LogP contribution in [0, 0.1) is 0 Å². The topological polar surface area (TPSA) is 70.4 Å². The number of carbonyl (C=O) groups is 1. The van der Waals surface area contributed by atoms with Crippen molar-refractivity contribution in [2.75, 3.05) is 6.54 Å². The van der Waals surface area contributed by atoms with Crippen LogP contribution < -0.4 is 10.9 Å². The van der Waals surface area contributed by atoms with Gasteiger partial charge in [-0.2, -0.15) is 0 Å². The first kappa shape index (κ1) is 18.1. The fraction of sp³-hybridized carbons (Fsp3) is 0.304. The second-order valence-electron chi connectivity index (χ2n) is 7.86. The highest BCUT2D eigenvalue weighted by molar-refractivity contribution is 5.83. The highest BCUT2D eigenvalue weighted by Gasteiger charge is 2.34. The molecule has 6 nitrogen and oxygen atoms in total. The van der Waals surface area contributed by atoms with Crippen LogP contribution in [0.1, 0.15) is 24.7 Å². The van der Waals surface area contributed by atoms with Crippen molar-refractivity contribution in [3.63, 3.8) is 0 Å². The molecule has 2 aromatic carbocycles. The molecule has 2 atom stereocenters. The number of carbonyl (C=O) groups excluding carboxylic acids is 1. The number of amides is 1. The van der Waals surface area contributed by atoms with E-state index < -0.39 is 0 Å². The first-order valence-electron chi connectivity index (χ1n) is 10.1. The second kappa shape index (κ2) is 7.46. The molecule has 2 aliphatic heterocycles. The first-order valence-corrected chi connectivity index (χ1v) is 10.1. The van der Waals surface area contributed by atoms with Gasteiger partial charge >= 0.3 is 0 Å². The molecule has 0 aliphatic carbocycles. The third kappa shape index (κ3) is 3.45. The molecular formula is C23H24N4O2. The van der Waals surface area contributed by atoms with E-state index in [4.69, 9.17) is 4.52 Å². The summed E-state index contributed by atoms with van der Waals surface area (Å²) >= 11 is 0. The summed E-state index contributed by atoms with van der Waals surface area (Å²) in [5.41, 5.74) is 11.5. The second-order valence-corrected chi connectivity index (χ2v) is 7.86. The number of fused-ring (bicyclic) bond motifs is 1. The Labute approximate surface area is 169 Å². The molecule has 3 aromatic rings. The van der Waals surface area contributed by atoms with E-state index >= 15 is 0 Å². The van der Waals surface area contributed by atoms with Crippen LogP contribution in [0.25, 0.3) is 22.4 Å². The third-order valence-electron chi connectivity index (χ3n) is 5.80. The number of nitrogens with zero attached hydrogens (tertiary/aromatic N) is 2. The van der Waals surface area contributed by atoms with Gasteiger partial charge in [-0.15, -0.1) is 0 Å². The van der Waals surface area contributed by atoms with Crippen LogP contribution >= 0.6 is 0 Å². The lowest BCUT2D eigenvalue weighted by Gasteiger charge is -2.28. The number of benzene rings is 2. The highest BCUT2D eigenvalue weighted by Crippen LogP contribution is 2.32. The summed E-state index contributed by atoms with van der Waals surface area (Å²) in [6.45, 7) is 3.28. The SMILES string of the molecule is CC1CC(C(=O)N2CCc3onc(-c4ccc(-c5ccccc5)cc4)c3C2)NN1. The van der Waals surface area contributed by atoms with Crippen molar-refractivity contribution < 1.29 is 9.32 Å². The fourth-order valence-corrected chi connectivity index (χ4v) is 4.17. The van der Waals surface area contributed by atoms with E-state index in [0.29, 0.717) is 25.6 Å². The van der Waals surface area contributed by atoms with Crippen molar-refractivity contribution in [1.29, 1.82) is 0 Å². The van der Waals surface area contributed by atoms with Crippen molar-refractivity contribution >= 4 is 5.91 Å². The van der Waals surface area contributed by atoms with Crippen molar-refractivity contribution in [2.24, 2.45) is 0 Å². The molecule has 0 radical (unpaired) electrons. The number of hydrogen-bond donors (Lipinski definition) is 2. The Kier molecular flexibility index (Phi) is 4.66. The summed E-state index contributed by atoms with van der Waals surface area (Å²) < 4.78 is 5.61. The molecule has 6 heteroatoms. The Bertz CT molecular complexity index is 1010. The van der Waals surface area contributed by atoms with E-state index in [1.54, 1.807) is 0 Å². The molecule has 2 unspecified atom stereocenters. The van der Waals surface area contributed by atoms with Gasteiger partial charge in [0.05, 0.1) is 6.54 Å². The van der Waals surface area contributed by atoms with Crippen LogP contribution in [-0.2, 0) is 17.8 Å². The maximum Gasteiger partial charge on any atom is 0.241 e. The molecule has 148 valence electrons. The number of aromatic nitrogens is 1. The molecule has 3 heterocycles. The van der Waals surface area contributed by atoms with E-state index in [1.807, 2.05) is 23.1 Å². The van der Waals surface area contributed by atoms with Gasteiger partial charge in [-0.05, 0) is 24.5 Å². The number of hydrazine groups is 1. The van der Waals surface area contributed by atoms with E-state index in [1.165, 1.54) is 5.56 Å². The van der Waals surface area contributed by atoms with Crippen LogP contribution in [0.15, 0.2) is 59.1 Å². The maximum absolute atomic E-state index is 12.9. The predicted molar refractivity (Wildman–Crippen MR) is 111 cm³/mol. The van der Waals surface area contributed by atoms with Gasteiger partial charge in [0.1, 0.15) is 17.5 Å². The van der Waals surface area contributed by atoms with Gasteiger partial charge in [0.15, 0.2) is 0 Å². The van der Waals surface area contributed by atoms with Crippen LogP contribution in [0.3, 0.4) is 0 Å². The Morgan fingerprint density at radius 1 is 1.03 bits per heavy atom. The lowest BCUT2D eigenvalue weighted by Crippen LogP contribution is -2.47. The number of hydrogen-bond acceptors (Lipinski definition) is 5. The van der Waals surface area contributed by atoms with Gasteiger partial charge in [-0.1, -0.05) is 59.8 Å². The van der Waals surface area contributed by atoms with E-state index in [-0.39, 0.29) is 11.9 Å². The predicted octanol–water partition coefficient (Wildman–Crippen LogP) is 3.15. The minimum absolute atomic E-state index is 0.138. The molecule has 5 rings (SSSR count). The van der Waals surface area contributed by atoms with E-state index in [0.717, 1.165) is 34.6 Å². The van der Waals surface area contributed by atoms with Gasteiger partial charge in [0, 0.05) is 30.1 Å². The summed E-state index contributed by atoms with van der Waals surface area (Å²) in [5.74, 6) is 1.03. The van der Waals surface area contributed by atoms with Crippen molar-refractivity contribution in [3.05, 3.63) is 65.9 Å². The minimum Gasteiger partial charge on any atom is -0.360 e. The third-order valence-corrected chi connectivity index (χ3v) is 5.80. The van der Waals surface area contributed by atoms with Gasteiger partial charge in [0.2, 0.25) is 5.91 Å². The van der Waals surface area contributed by atoms with Gasteiger partial charge < -0.3 is 9.42 Å². The van der Waals surface area contributed by atoms with E-state index in [2.05, 4.69) is 59.3 Å². The summed E-state index contributed by atoms with van der Waals surface area (Å²) in [5, 5.41) is 4.33. The van der Waals surface area contributed by atoms with Gasteiger partial charge in [0.25, 0.3) is 0 Å². The number of nitrogens with one attached hydrogen (secondary N) is 2. The normalized spacial score (nSPS) is 21.2. The summed E-state index contributed by atoms with van der Waals surface area (Å²) in [6, 6.07) is 18.8. The van der Waals surface area contributed by atoms with Gasteiger partial charge in [-0.3, -0.25) is 10.2 Å². The zero-order valence-corrected chi connectivity index (χ0v) is 16.4. The lowest BCUT2D eigenvalue weighted by atomic mass is 9.98. The molecule has 1 saturated heterocycles. The maximum atomic E-state index is 12.9. The smallest absolute Gasteiger partial charge is 0.241 e. The molecule has 0 saturated carbocycles. The van der Waals surface area contributed by atoms with Crippen LogP contribution in [0.5, 0.6) is 0 Å². The zero-order valence-electron chi connectivity index (χ0n) is 16.4. The quantitative estimate of drug-likeness (QED) is 0.721. The van der Waals surface area contributed by atoms with Crippen molar-refractivity contribution in [2.45, 2.75) is 38.4 Å². The minimum atomic E-state index is -0.167. The largest absolute Gasteiger partial charge is 0.360 e. The number of rotatable bonds is 3. The Balaban J connectivity index is 1.37. The molecule has 0 bridgehead atoms. The monoisotopic (exact) mass is 388 g/mol. The summed E-state index contributed by atoms with van der Waals surface area (Å²) in [6.07, 6.45) is 1.51. The zero-order chi connectivity index (χ0) is 19.8. The molecule has 2 aliphatic rings. The Morgan fingerprint density at radius 3 is 2.48 bits per heavy atom. The summed E-state index contributed by atoms with van der Waals surface area (Å²) in [7, 11) is 0. The molecular weight excluding hydrogens is 364 g/mol.